The van der Waals surface area contributed by atoms with E-state index < -0.39 is 0 Å². The van der Waals surface area contributed by atoms with Crippen molar-refractivity contribution in [2.24, 2.45) is 0 Å². The second kappa shape index (κ2) is 5.92. The zero-order chi connectivity index (χ0) is 13.8. The van der Waals surface area contributed by atoms with Crippen LogP contribution in [0.2, 0.25) is 0 Å². The van der Waals surface area contributed by atoms with Crippen molar-refractivity contribution in [1.82, 2.24) is 0 Å². The van der Waals surface area contributed by atoms with Crippen molar-refractivity contribution in [2.45, 2.75) is 0 Å². The highest BCUT2D eigenvalue weighted by Gasteiger charge is 2.12. The summed E-state index contributed by atoms with van der Waals surface area (Å²) in [5, 5.41) is 2.82. The van der Waals surface area contributed by atoms with Crippen molar-refractivity contribution in [3.63, 3.8) is 0 Å². The smallest absolute Gasteiger partial charge is 0.259 e. The number of nitrogens with one attached hydrogen (secondary N) is 1. The van der Waals surface area contributed by atoms with E-state index in [9.17, 15) is 4.79 Å². The molecule has 0 atom stereocenters. The molecule has 0 fully saturated rings. The van der Waals surface area contributed by atoms with E-state index >= 15 is 0 Å². The monoisotopic (exact) mass is 368 g/mol. The van der Waals surface area contributed by atoms with E-state index in [2.05, 4.69) is 27.9 Å². The van der Waals surface area contributed by atoms with Gasteiger partial charge in [0.25, 0.3) is 5.91 Å². The number of carbonyl (C=O) groups excluding carboxylic acids is 1. The fraction of sp³-hybridized carbons (Fsp3) is 0.0714. The number of amides is 1. The number of carbonyl (C=O) groups is 1. The Balaban J connectivity index is 2.22. The van der Waals surface area contributed by atoms with Crippen molar-refractivity contribution < 1.29 is 9.53 Å². The molecule has 2 rings (SSSR count). The predicted octanol–water partition coefficient (Wildman–Crippen LogP) is 3.13. The number of anilines is 2. The van der Waals surface area contributed by atoms with Gasteiger partial charge in [0.05, 0.1) is 12.7 Å². The summed E-state index contributed by atoms with van der Waals surface area (Å²) < 4.78 is 6.27. The van der Waals surface area contributed by atoms with Gasteiger partial charge in [-0.05, 0) is 59.0 Å². The predicted molar refractivity (Wildman–Crippen MR) is 84.5 cm³/mol. The summed E-state index contributed by atoms with van der Waals surface area (Å²) in [6, 6.07) is 12.5. The SMILES string of the molecule is COc1cc(N)ccc1C(=O)Nc1ccc(I)cc1. The molecule has 1 amide bonds. The molecule has 19 heavy (non-hydrogen) atoms. The molecule has 4 nitrogen and oxygen atoms in total. The largest absolute Gasteiger partial charge is 0.496 e. The molecule has 0 saturated carbocycles. The number of nitrogen functional groups attached to an aromatic ring is 1. The van der Waals surface area contributed by atoms with Crippen molar-refractivity contribution in [2.75, 3.05) is 18.2 Å². The van der Waals surface area contributed by atoms with Crippen LogP contribution in [0.25, 0.3) is 0 Å². The van der Waals surface area contributed by atoms with Crippen LogP contribution in [0.5, 0.6) is 5.75 Å². The van der Waals surface area contributed by atoms with Crippen LogP contribution in [0.3, 0.4) is 0 Å². The number of hydrogen-bond donors (Lipinski definition) is 2. The van der Waals surface area contributed by atoms with Gasteiger partial charge in [-0.2, -0.15) is 0 Å². The number of methoxy groups -OCH3 is 1. The summed E-state index contributed by atoms with van der Waals surface area (Å²) >= 11 is 2.21. The molecule has 0 saturated heterocycles. The van der Waals surface area contributed by atoms with Crippen LogP contribution < -0.4 is 15.8 Å². The lowest BCUT2D eigenvalue weighted by atomic mass is 10.1. The third kappa shape index (κ3) is 3.37. The summed E-state index contributed by atoms with van der Waals surface area (Å²) in [4.78, 5) is 12.2. The Morgan fingerprint density at radius 1 is 1.21 bits per heavy atom. The van der Waals surface area contributed by atoms with Gasteiger partial charge in [0, 0.05) is 21.0 Å². The van der Waals surface area contributed by atoms with Gasteiger partial charge in [-0.1, -0.05) is 0 Å². The number of benzene rings is 2. The second-order valence-electron chi connectivity index (χ2n) is 3.92. The minimum absolute atomic E-state index is 0.224. The van der Waals surface area contributed by atoms with Gasteiger partial charge in [0.2, 0.25) is 0 Å². The number of halogens is 1. The summed E-state index contributed by atoms with van der Waals surface area (Å²) in [6.45, 7) is 0. The van der Waals surface area contributed by atoms with Gasteiger partial charge in [0.15, 0.2) is 0 Å². The summed E-state index contributed by atoms with van der Waals surface area (Å²) in [7, 11) is 1.51. The van der Waals surface area contributed by atoms with Crippen LogP contribution in [-0.2, 0) is 0 Å². The lowest BCUT2D eigenvalue weighted by Gasteiger charge is -2.10. The molecule has 0 aromatic heterocycles. The average molecular weight is 368 g/mol. The van der Waals surface area contributed by atoms with Crippen LogP contribution in [0.4, 0.5) is 11.4 Å². The maximum Gasteiger partial charge on any atom is 0.259 e. The number of rotatable bonds is 3. The molecule has 2 aromatic rings. The minimum atomic E-state index is -0.224. The van der Waals surface area contributed by atoms with Crippen molar-refractivity contribution in [1.29, 1.82) is 0 Å². The first-order valence-corrected chi connectivity index (χ1v) is 6.68. The zero-order valence-corrected chi connectivity index (χ0v) is 12.5. The Labute approximate surface area is 125 Å². The fourth-order valence-corrected chi connectivity index (χ4v) is 1.99. The van der Waals surface area contributed by atoms with Crippen LogP contribution in [-0.4, -0.2) is 13.0 Å². The highest BCUT2D eigenvalue weighted by Crippen LogP contribution is 2.22. The van der Waals surface area contributed by atoms with E-state index in [4.69, 9.17) is 10.5 Å². The minimum Gasteiger partial charge on any atom is -0.496 e. The third-order valence-corrected chi connectivity index (χ3v) is 3.29. The van der Waals surface area contributed by atoms with E-state index in [1.807, 2.05) is 24.3 Å². The van der Waals surface area contributed by atoms with Crippen LogP contribution in [0.15, 0.2) is 42.5 Å². The molecule has 0 bridgehead atoms. The number of hydrogen-bond acceptors (Lipinski definition) is 3. The molecule has 5 heteroatoms. The van der Waals surface area contributed by atoms with Crippen molar-refractivity contribution in [3.8, 4) is 5.75 Å². The second-order valence-corrected chi connectivity index (χ2v) is 5.17. The van der Waals surface area contributed by atoms with Gasteiger partial charge >= 0.3 is 0 Å². The molecule has 2 aromatic carbocycles. The molecule has 0 unspecified atom stereocenters. The number of nitrogens with two attached hydrogens (primary N) is 1. The summed E-state index contributed by atoms with van der Waals surface area (Å²) in [6.07, 6.45) is 0. The maximum atomic E-state index is 12.2. The van der Waals surface area contributed by atoms with E-state index in [0.29, 0.717) is 17.0 Å². The number of ether oxygens (including phenoxy) is 1. The van der Waals surface area contributed by atoms with Crippen LogP contribution in [0, 0.1) is 3.57 Å². The Morgan fingerprint density at radius 3 is 2.53 bits per heavy atom. The van der Waals surface area contributed by atoms with Gasteiger partial charge in [-0.15, -0.1) is 0 Å². The quantitative estimate of drug-likeness (QED) is 0.646. The Hall–Kier alpha value is -1.76. The van der Waals surface area contributed by atoms with E-state index in [0.717, 1.165) is 9.26 Å². The molecule has 0 aliphatic carbocycles. The maximum absolute atomic E-state index is 12.2. The molecular weight excluding hydrogens is 355 g/mol. The molecule has 0 heterocycles. The first-order chi connectivity index (χ1) is 9.10. The highest BCUT2D eigenvalue weighted by atomic mass is 127. The van der Waals surface area contributed by atoms with Crippen LogP contribution >= 0.6 is 22.6 Å². The standard InChI is InChI=1S/C14H13IN2O2/c1-19-13-8-10(16)4-7-12(13)14(18)17-11-5-2-9(15)3-6-11/h2-8H,16H2,1H3,(H,17,18). The van der Waals surface area contributed by atoms with Crippen LogP contribution in [0.1, 0.15) is 10.4 Å². The lowest BCUT2D eigenvalue weighted by molar-refractivity contribution is 0.102. The fourth-order valence-electron chi connectivity index (χ4n) is 1.63. The third-order valence-electron chi connectivity index (χ3n) is 2.57. The van der Waals surface area contributed by atoms with E-state index in [-0.39, 0.29) is 5.91 Å². The Morgan fingerprint density at radius 2 is 1.89 bits per heavy atom. The average Bonchev–Trinajstić information content (AvgIpc) is 2.41. The Kier molecular flexibility index (Phi) is 4.26. The van der Waals surface area contributed by atoms with E-state index in [1.165, 1.54) is 7.11 Å². The first kappa shape index (κ1) is 13.7. The normalized spacial score (nSPS) is 10.0. The van der Waals surface area contributed by atoms with Gasteiger partial charge < -0.3 is 15.8 Å². The highest BCUT2D eigenvalue weighted by molar-refractivity contribution is 14.1. The topological polar surface area (TPSA) is 64.3 Å². The molecule has 0 aliphatic heterocycles. The van der Waals surface area contributed by atoms with Gasteiger partial charge in [-0.3, -0.25) is 4.79 Å². The van der Waals surface area contributed by atoms with Gasteiger partial charge in [0.1, 0.15) is 5.75 Å². The summed E-state index contributed by atoms with van der Waals surface area (Å²) in [5.74, 6) is 0.237. The van der Waals surface area contributed by atoms with Crippen molar-refractivity contribution >= 4 is 39.9 Å². The molecular formula is C14H13IN2O2. The molecule has 3 N–H and O–H groups in total. The van der Waals surface area contributed by atoms with Gasteiger partial charge in [-0.25, -0.2) is 0 Å². The molecule has 0 spiro atoms. The lowest BCUT2D eigenvalue weighted by Crippen LogP contribution is -2.13. The van der Waals surface area contributed by atoms with E-state index in [1.54, 1.807) is 18.2 Å². The van der Waals surface area contributed by atoms with Crippen molar-refractivity contribution in [3.05, 3.63) is 51.6 Å². The molecule has 0 aliphatic rings. The zero-order valence-electron chi connectivity index (χ0n) is 10.3. The molecule has 98 valence electrons. The first-order valence-electron chi connectivity index (χ1n) is 5.60. The Bertz CT molecular complexity index is 597. The summed E-state index contributed by atoms with van der Waals surface area (Å²) in [5.41, 5.74) is 7.41. The molecule has 0 radical (unpaired) electrons.